The molecule has 1 unspecified atom stereocenters. The van der Waals surface area contributed by atoms with E-state index >= 15 is 0 Å². The molecule has 0 saturated carbocycles. The van der Waals surface area contributed by atoms with Crippen molar-refractivity contribution >= 4 is 0 Å². The third-order valence-corrected chi connectivity index (χ3v) is 4.27. The van der Waals surface area contributed by atoms with Crippen molar-refractivity contribution in [1.29, 1.82) is 0 Å². The van der Waals surface area contributed by atoms with E-state index < -0.39 is 0 Å². The van der Waals surface area contributed by atoms with Gasteiger partial charge in [0.15, 0.2) is 5.41 Å². The van der Waals surface area contributed by atoms with Crippen LogP contribution in [0.1, 0.15) is 18.5 Å². The summed E-state index contributed by atoms with van der Waals surface area (Å²) in [4.78, 5) is 1.77. The molecule has 2 nitrogen and oxygen atoms in total. The van der Waals surface area contributed by atoms with Crippen molar-refractivity contribution in [2.75, 3.05) is 26.2 Å². The highest BCUT2D eigenvalue weighted by atomic mass is 15.3. The predicted octanol–water partition coefficient (Wildman–Crippen LogP) is -0.790. The van der Waals surface area contributed by atoms with Crippen molar-refractivity contribution < 1.29 is 10.2 Å². The first-order valence-corrected chi connectivity index (χ1v) is 6.00. The van der Waals surface area contributed by atoms with Gasteiger partial charge in [-0.3, -0.25) is 0 Å². The minimum Gasteiger partial charge on any atom is -0.344 e. The highest BCUT2D eigenvalue weighted by molar-refractivity contribution is 5.16. The van der Waals surface area contributed by atoms with Gasteiger partial charge in [-0.05, 0) is 6.92 Å². The van der Waals surface area contributed by atoms with E-state index in [-0.39, 0.29) is 0 Å². The number of benzene rings is 1. The molecule has 1 aromatic rings. The molecule has 1 atom stereocenters. The molecule has 2 heterocycles. The maximum absolute atomic E-state index is 2.43. The zero-order valence-corrected chi connectivity index (χ0v) is 9.37. The Hall–Kier alpha value is -0.860. The van der Waals surface area contributed by atoms with Crippen molar-refractivity contribution in [1.82, 2.24) is 0 Å². The SMILES string of the molecule is CC(c1ccccc1)[NH+]1CC2(C[NH2+]C2)C1. The summed E-state index contributed by atoms with van der Waals surface area (Å²) < 4.78 is 0. The van der Waals surface area contributed by atoms with Crippen molar-refractivity contribution in [3.05, 3.63) is 35.9 Å². The van der Waals surface area contributed by atoms with E-state index in [1.165, 1.54) is 31.7 Å². The number of likely N-dealkylation sites (tertiary alicyclic amines) is 1. The Morgan fingerprint density at radius 3 is 2.40 bits per heavy atom. The van der Waals surface area contributed by atoms with Gasteiger partial charge in [0.05, 0.1) is 26.2 Å². The average molecular weight is 204 g/mol. The number of hydrogen-bond donors (Lipinski definition) is 2. The molecule has 2 aliphatic heterocycles. The summed E-state index contributed by atoms with van der Waals surface area (Å²) in [5.74, 6) is 0. The first-order valence-electron chi connectivity index (χ1n) is 6.00. The Bertz CT molecular complexity index is 335. The largest absolute Gasteiger partial charge is 0.344 e. The first kappa shape index (κ1) is 9.37. The number of nitrogens with two attached hydrogens (primary N) is 1. The molecule has 80 valence electrons. The van der Waals surface area contributed by atoms with E-state index in [2.05, 4.69) is 42.6 Å². The fourth-order valence-electron chi connectivity index (χ4n) is 3.04. The van der Waals surface area contributed by atoms with Gasteiger partial charge in [0.25, 0.3) is 0 Å². The van der Waals surface area contributed by atoms with Crippen LogP contribution in [0.5, 0.6) is 0 Å². The van der Waals surface area contributed by atoms with Crippen LogP contribution in [0.25, 0.3) is 0 Å². The normalized spacial score (nSPS) is 25.7. The van der Waals surface area contributed by atoms with Crippen molar-refractivity contribution in [3.63, 3.8) is 0 Å². The smallest absolute Gasteiger partial charge is 0.165 e. The predicted molar refractivity (Wildman–Crippen MR) is 59.6 cm³/mol. The highest BCUT2D eigenvalue weighted by Crippen LogP contribution is 2.21. The van der Waals surface area contributed by atoms with Gasteiger partial charge in [-0.25, -0.2) is 0 Å². The van der Waals surface area contributed by atoms with E-state index in [0.717, 1.165) is 5.41 Å². The van der Waals surface area contributed by atoms with Crippen LogP contribution in [-0.2, 0) is 0 Å². The maximum Gasteiger partial charge on any atom is 0.165 e. The number of rotatable bonds is 2. The molecular weight excluding hydrogens is 184 g/mol. The average Bonchev–Trinajstić information content (AvgIpc) is 2.14. The summed E-state index contributed by atoms with van der Waals surface area (Å²) in [7, 11) is 0. The van der Waals surface area contributed by atoms with E-state index in [1.807, 2.05) is 0 Å². The second kappa shape index (κ2) is 3.32. The van der Waals surface area contributed by atoms with E-state index in [9.17, 15) is 0 Å². The third-order valence-electron chi connectivity index (χ3n) is 4.27. The van der Waals surface area contributed by atoms with Crippen molar-refractivity contribution in [3.8, 4) is 0 Å². The van der Waals surface area contributed by atoms with Crippen LogP contribution in [0.15, 0.2) is 30.3 Å². The molecule has 3 rings (SSSR count). The van der Waals surface area contributed by atoms with Gasteiger partial charge in [0.1, 0.15) is 6.04 Å². The van der Waals surface area contributed by atoms with Crippen LogP contribution in [0, 0.1) is 5.41 Å². The minimum atomic E-state index is 0.678. The summed E-state index contributed by atoms with van der Waals surface area (Å²) in [6.07, 6.45) is 0. The lowest BCUT2D eigenvalue weighted by atomic mass is 9.73. The molecular formula is C13H20N2+2. The van der Waals surface area contributed by atoms with Gasteiger partial charge in [-0.15, -0.1) is 0 Å². The molecule has 0 amide bonds. The van der Waals surface area contributed by atoms with Crippen LogP contribution < -0.4 is 10.2 Å². The van der Waals surface area contributed by atoms with Gasteiger partial charge < -0.3 is 10.2 Å². The lowest BCUT2D eigenvalue weighted by Gasteiger charge is -2.51. The number of nitrogens with one attached hydrogen (secondary N) is 1. The Balaban J connectivity index is 1.65. The second-order valence-electron chi connectivity index (χ2n) is 5.34. The molecule has 1 spiro atoms. The van der Waals surface area contributed by atoms with Crippen molar-refractivity contribution in [2.24, 2.45) is 5.41 Å². The fourth-order valence-corrected chi connectivity index (χ4v) is 3.04. The van der Waals surface area contributed by atoms with Crippen LogP contribution in [0.3, 0.4) is 0 Å². The molecule has 0 aliphatic carbocycles. The molecule has 0 aromatic heterocycles. The Morgan fingerprint density at radius 1 is 1.20 bits per heavy atom. The molecule has 3 N–H and O–H groups in total. The van der Waals surface area contributed by atoms with Crippen LogP contribution in [-0.4, -0.2) is 26.2 Å². The molecule has 2 fully saturated rings. The molecule has 0 radical (unpaired) electrons. The summed E-state index contributed by atoms with van der Waals surface area (Å²) >= 11 is 0. The van der Waals surface area contributed by atoms with Gasteiger partial charge in [0.2, 0.25) is 0 Å². The summed E-state index contributed by atoms with van der Waals surface area (Å²) in [5.41, 5.74) is 2.23. The molecule has 2 saturated heterocycles. The molecule has 0 bridgehead atoms. The van der Waals surface area contributed by atoms with E-state index in [4.69, 9.17) is 0 Å². The van der Waals surface area contributed by atoms with E-state index in [0.29, 0.717) is 6.04 Å². The zero-order chi connectivity index (χ0) is 10.3. The second-order valence-corrected chi connectivity index (χ2v) is 5.34. The zero-order valence-electron chi connectivity index (χ0n) is 9.37. The molecule has 2 aliphatic rings. The lowest BCUT2D eigenvalue weighted by Crippen LogP contribution is -3.28. The van der Waals surface area contributed by atoms with E-state index in [1.54, 1.807) is 4.90 Å². The quantitative estimate of drug-likeness (QED) is 0.630. The van der Waals surface area contributed by atoms with Crippen LogP contribution >= 0.6 is 0 Å². The van der Waals surface area contributed by atoms with Gasteiger partial charge in [-0.1, -0.05) is 30.3 Å². The number of hydrogen-bond acceptors (Lipinski definition) is 0. The fraction of sp³-hybridized carbons (Fsp3) is 0.538. The van der Waals surface area contributed by atoms with Crippen molar-refractivity contribution in [2.45, 2.75) is 13.0 Å². The van der Waals surface area contributed by atoms with Crippen LogP contribution in [0.4, 0.5) is 0 Å². The lowest BCUT2D eigenvalue weighted by molar-refractivity contribution is -1.01. The first-order chi connectivity index (χ1) is 7.29. The third kappa shape index (κ3) is 1.48. The summed E-state index contributed by atoms with van der Waals surface area (Å²) in [6, 6.07) is 11.6. The Kier molecular flexibility index (Phi) is 2.08. The number of quaternary nitrogens is 2. The standard InChI is InChI=1S/C13H18N2/c1-11(12-5-3-2-4-6-12)15-9-13(10-15)7-14-8-13/h2-6,11,14H,7-10H2,1H3/p+2. The Labute approximate surface area is 91.3 Å². The maximum atomic E-state index is 2.43. The van der Waals surface area contributed by atoms with Gasteiger partial charge >= 0.3 is 0 Å². The topological polar surface area (TPSA) is 21.1 Å². The molecule has 15 heavy (non-hydrogen) atoms. The molecule has 1 aromatic carbocycles. The summed E-state index contributed by atoms with van der Waals surface area (Å²) in [6.45, 7) is 7.88. The molecule has 2 heteroatoms. The minimum absolute atomic E-state index is 0.678. The summed E-state index contributed by atoms with van der Waals surface area (Å²) in [5, 5.41) is 2.43. The highest BCUT2D eigenvalue weighted by Gasteiger charge is 2.57. The van der Waals surface area contributed by atoms with Gasteiger partial charge in [-0.2, -0.15) is 0 Å². The Morgan fingerprint density at radius 2 is 1.87 bits per heavy atom. The van der Waals surface area contributed by atoms with Gasteiger partial charge in [0, 0.05) is 5.56 Å². The monoisotopic (exact) mass is 204 g/mol. The van der Waals surface area contributed by atoms with Crippen LogP contribution in [0.2, 0.25) is 0 Å².